The number of hydrogen-bond acceptors (Lipinski definition) is 4. The lowest BCUT2D eigenvalue weighted by Gasteiger charge is -2.26. The van der Waals surface area contributed by atoms with E-state index in [1.54, 1.807) is 18.3 Å². The zero-order valence-electron chi connectivity index (χ0n) is 15.8. The van der Waals surface area contributed by atoms with Crippen molar-refractivity contribution in [1.29, 1.82) is 0 Å². The van der Waals surface area contributed by atoms with E-state index in [4.69, 9.17) is 16.3 Å². The molecule has 3 rings (SSSR count). The molecule has 0 radical (unpaired) electrons. The summed E-state index contributed by atoms with van der Waals surface area (Å²) >= 11 is 6.34. The minimum Gasteiger partial charge on any atom is -0.438 e. The van der Waals surface area contributed by atoms with Crippen molar-refractivity contribution in [1.82, 2.24) is 15.2 Å². The van der Waals surface area contributed by atoms with Gasteiger partial charge in [-0.25, -0.2) is 4.98 Å². The maximum absolute atomic E-state index is 12.8. The number of aromatic nitrogens is 1. The topological polar surface area (TPSA) is 54.5 Å². The van der Waals surface area contributed by atoms with Crippen LogP contribution in [0.25, 0.3) is 0 Å². The third-order valence-corrected chi connectivity index (χ3v) is 4.66. The molecule has 0 aliphatic heterocycles. The number of halogens is 1. The van der Waals surface area contributed by atoms with Gasteiger partial charge in [0, 0.05) is 17.8 Å². The second kappa shape index (κ2) is 9.35. The highest BCUT2D eigenvalue weighted by molar-refractivity contribution is 6.31. The molecule has 0 fully saturated rings. The van der Waals surface area contributed by atoms with Crippen molar-refractivity contribution in [2.75, 3.05) is 20.6 Å². The summed E-state index contributed by atoms with van der Waals surface area (Å²) in [6.45, 7) is 0.398. The molecular formula is C22H22ClN3O2. The average molecular weight is 396 g/mol. The molecule has 5 nitrogen and oxygen atoms in total. The third kappa shape index (κ3) is 4.88. The van der Waals surface area contributed by atoms with Crippen molar-refractivity contribution in [3.05, 3.63) is 89.1 Å². The monoisotopic (exact) mass is 395 g/mol. The largest absolute Gasteiger partial charge is 0.438 e. The molecule has 2 aromatic carbocycles. The van der Waals surface area contributed by atoms with Crippen molar-refractivity contribution >= 4 is 17.5 Å². The summed E-state index contributed by atoms with van der Waals surface area (Å²) in [6.07, 6.45) is 1.60. The maximum Gasteiger partial charge on any atom is 0.256 e. The van der Waals surface area contributed by atoms with Crippen molar-refractivity contribution in [2.24, 2.45) is 0 Å². The molecule has 1 heterocycles. The second-order valence-corrected chi connectivity index (χ2v) is 6.89. The SMILES string of the molecule is CN(C)C(CNC(=O)c1cccnc1Oc1ccccc1)c1ccccc1Cl. The van der Waals surface area contributed by atoms with E-state index in [2.05, 4.69) is 10.3 Å². The van der Waals surface area contributed by atoms with E-state index < -0.39 is 0 Å². The number of hydrogen-bond donors (Lipinski definition) is 1. The molecule has 144 valence electrons. The van der Waals surface area contributed by atoms with Gasteiger partial charge < -0.3 is 15.0 Å². The fraction of sp³-hybridized carbons (Fsp3) is 0.182. The van der Waals surface area contributed by atoms with Gasteiger partial charge >= 0.3 is 0 Å². The average Bonchev–Trinajstić information content (AvgIpc) is 2.70. The number of likely N-dealkylation sites (N-methyl/N-ethyl adjacent to an activating group) is 1. The fourth-order valence-corrected chi connectivity index (χ4v) is 3.11. The van der Waals surface area contributed by atoms with E-state index in [-0.39, 0.29) is 17.8 Å². The summed E-state index contributed by atoms with van der Waals surface area (Å²) in [6, 6.07) is 20.2. The van der Waals surface area contributed by atoms with Gasteiger partial charge in [0.15, 0.2) is 0 Å². The summed E-state index contributed by atoms with van der Waals surface area (Å²) in [5, 5.41) is 3.64. The zero-order valence-corrected chi connectivity index (χ0v) is 16.6. The van der Waals surface area contributed by atoms with Crippen molar-refractivity contribution < 1.29 is 9.53 Å². The Morgan fingerprint density at radius 3 is 2.50 bits per heavy atom. The summed E-state index contributed by atoms with van der Waals surface area (Å²) in [5.74, 6) is 0.640. The Morgan fingerprint density at radius 2 is 1.79 bits per heavy atom. The zero-order chi connectivity index (χ0) is 19.9. The quantitative estimate of drug-likeness (QED) is 0.637. The third-order valence-electron chi connectivity index (χ3n) is 4.32. The normalized spacial score (nSPS) is 11.9. The van der Waals surface area contributed by atoms with Gasteiger partial charge in [-0.05, 0) is 50.0 Å². The molecule has 0 spiro atoms. The lowest BCUT2D eigenvalue weighted by atomic mass is 10.1. The molecule has 28 heavy (non-hydrogen) atoms. The van der Waals surface area contributed by atoms with Gasteiger partial charge in [0.1, 0.15) is 11.3 Å². The van der Waals surface area contributed by atoms with Crippen LogP contribution in [0.5, 0.6) is 11.6 Å². The van der Waals surface area contributed by atoms with Crippen LogP contribution in [0, 0.1) is 0 Å². The number of pyridine rings is 1. The van der Waals surface area contributed by atoms with E-state index in [0.29, 0.717) is 22.9 Å². The first kappa shape index (κ1) is 19.9. The van der Waals surface area contributed by atoms with Crippen molar-refractivity contribution in [3.63, 3.8) is 0 Å². The summed E-state index contributed by atoms with van der Waals surface area (Å²) in [7, 11) is 3.91. The van der Waals surface area contributed by atoms with Crippen LogP contribution in [0.3, 0.4) is 0 Å². The van der Waals surface area contributed by atoms with Gasteiger partial charge in [-0.15, -0.1) is 0 Å². The van der Waals surface area contributed by atoms with Crippen LogP contribution in [0.15, 0.2) is 72.9 Å². The molecule has 0 bridgehead atoms. The lowest BCUT2D eigenvalue weighted by Crippen LogP contribution is -2.34. The minimum absolute atomic E-state index is 0.0622. The molecule has 0 saturated heterocycles. The van der Waals surface area contributed by atoms with Gasteiger partial charge in [0.05, 0.1) is 6.04 Å². The standard InChI is InChI=1S/C22H22ClN3O2/c1-26(2)20(17-11-6-7-13-19(17)23)15-25-21(27)18-12-8-14-24-22(18)28-16-9-4-3-5-10-16/h3-14,20H,15H2,1-2H3,(H,25,27). The number of nitrogens with zero attached hydrogens (tertiary/aromatic N) is 2. The smallest absolute Gasteiger partial charge is 0.256 e. The summed E-state index contributed by atoms with van der Waals surface area (Å²) < 4.78 is 5.79. The van der Waals surface area contributed by atoms with E-state index in [1.165, 1.54) is 0 Å². The molecule has 6 heteroatoms. The Kier molecular flexibility index (Phi) is 6.63. The Hall–Kier alpha value is -2.89. The summed E-state index contributed by atoms with van der Waals surface area (Å²) in [4.78, 5) is 19.1. The van der Waals surface area contributed by atoms with Gasteiger partial charge in [-0.2, -0.15) is 0 Å². The minimum atomic E-state index is -0.252. The predicted molar refractivity (Wildman–Crippen MR) is 111 cm³/mol. The van der Waals surface area contributed by atoms with Gasteiger partial charge in [0.25, 0.3) is 5.91 Å². The van der Waals surface area contributed by atoms with Gasteiger partial charge in [-0.3, -0.25) is 4.79 Å². The molecule has 0 saturated carbocycles. The molecule has 1 aromatic heterocycles. The van der Waals surface area contributed by atoms with Crippen molar-refractivity contribution in [3.8, 4) is 11.6 Å². The number of rotatable bonds is 7. The summed E-state index contributed by atoms with van der Waals surface area (Å²) in [5.41, 5.74) is 1.34. The van der Waals surface area contributed by atoms with E-state index in [9.17, 15) is 4.79 Å². The molecule has 0 aliphatic rings. The van der Waals surface area contributed by atoms with Crippen molar-refractivity contribution in [2.45, 2.75) is 6.04 Å². The van der Waals surface area contributed by atoms with Crippen LogP contribution < -0.4 is 10.1 Å². The van der Waals surface area contributed by atoms with E-state index in [1.807, 2.05) is 73.6 Å². The van der Waals surface area contributed by atoms with Crippen LogP contribution in [-0.2, 0) is 0 Å². The van der Waals surface area contributed by atoms with Crippen LogP contribution in [0.4, 0.5) is 0 Å². The van der Waals surface area contributed by atoms with E-state index in [0.717, 1.165) is 5.56 Å². The maximum atomic E-state index is 12.8. The first-order valence-electron chi connectivity index (χ1n) is 8.93. The Labute approximate surface area is 169 Å². The van der Waals surface area contributed by atoms with Crippen LogP contribution >= 0.6 is 11.6 Å². The first-order valence-corrected chi connectivity index (χ1v) is 9.31. The predicted octanol–water partition coefficient (Wildman–Crippen LogP) is 4.56. The van der Waals surface area contributed by atoms with Gasteiger partial charge in [-0.1, -0.05) is 48.0 Å². The molecule has 3 aromatic rings. The number of nitrogens with one attached hydrogen (secondary N) is 1. The lowest BCUT2D eigenvalue weighted by molar-refractivity contribution is 0.0939. The number of ether oxygens (including phenoxy) is 1. The Morgan fingerprint density at radius 1 is 1.07 bits per heavy atom. The highest BCUT2D eigenvalue weighted by Gasteiger charge is 2.20. The molecule has 1 N–H and O–H groups in total. The van der Waals surface area contributed by atoms with Crippen LogP contribution in [0.1, 0.15) is 22.0 Å². The van der Waals surface area contributed by atoms with Gasteiger partial charge in [0.2, 0.25) is 5.88 Å². The molecular weight excluding hydrogens is 374 g/mol. The molecule has 1 amide bonds. The fourth-order valence-electron chi connectivity index (χ4n) is 2.85. The highest BCUT2D eigenvalue weighted by Crippen LogP contribution is 2.26. The second-order valence-electron chi connectivity index (χ2n) is 6.48. The number of amides is 1. The van der Waals surface area contributed by atoms with Crippen LogP contribution in [-0.4, -0.2) is 36.4 Å². The number of carbonyl (C=O) groups is 1. The molecule has 1 unspecified atom stereocenters. The Bertz CT molecular complexity index is 932. The number of carbonyl (C=O) groups excluding carboxylic acids is 1. The number of para-hydroxylation sites is 1. The first-order chi connectivity index (χ1) is 13.6. The molecule has 1 atom stereocenters. The Balaban J connectivity index is 1.75. The highest BCUT2D eigenvalue weighted by atomic mass is 35.5. The van der Waals surface area contributed by atoms with Crippen LogP contribution in [0.2, 0.25) is 5.02 Å². The molecule has 0 aliphatic carbocycles. The van der Waals surface area contributed by atoms with E-state index >= 15 is 0 Å². The number of benzene rings is 2.